The van der Waals surface area contributed by atoms with E-state index in [1.165, 1.54) is 30.2 Å². The molecule has 1 amide bonds. The Labute approximate surface area is 176 Å². The van der Waals surface area contributed by atoms with Crippen LogP contribution in [0.1, 0.15) is 29.3 Å². The van der Waals surface area contributed by atoms with Gasteiger partial charge in [0.05, 0.1) is 11.1 Å². The third kappa shape index (κ3) is 5.15. The van der Waals surface area contributed by atoms with Crippen LogP contribution in [0.5, 0.6) is 0 Å². The molecule has 1 saturated heterocycles. The Morgan fingerprint density at radius 3 is 2.65 bits per heavy atom. The molecule has 2 unspecified atom stereocenters. The lowest BCUT2D eigenvalue weighted by molar-refractivity contribution is -0.137. The standard InChI is InChI=1S/C18H18F5N5O2S/c1-10-9-28(5-3-17(10,19)20)15-13(6-11(8-26-15)18(21,22)23)16(29)27-12-2-4-25-14(7-12)31(24)30/h2,4,6-8,10H,3,5,9,24H2,1H3,(H,25,27,29). The van der Waals surface area contributed by atoms with Crippen molar-refractivity contribution in [2.24, 2.45) is 11.1 Å². The van der Waals surface area contributed by atoms with E-state index < -0.39 is 52.5 Å². The molecule has 0 saturated carbocycles. The summed E-state index contributed by atoms with van der Waals surface area (Å²) in [6.45, 7) is 0.959. The highest BCUT2D eigenvalue weighted by atomic mass is 32.2. The fourth-order valence-electron chi connectivity index (χ4n) is 3.11. The Morgan fingerprint density at radius 2 is 2.03 bits per heavy atom. The van der Waals surface area contributed by atoms with Gasteiger partial charge in [-0.2, -0.15) is 13.2 Å². The van der Waals surface area contributed by atoms with Gasteiger partial charge in [-0.25, -0.2) is 28.1 Å². The largest absolute Gasteiger partial charge is 0.417 e. The van der Waals surface area contributed by atoms with Crippen molar-refractivity contribution in [3.8, 4) is 0 Å². The van der Waals surface area contributed by atoms with Crippen LogP contribution in [-0.4, -0.2) is 39.1 Å². The third-order valence-corrected chi connectivity index (χ3v) is 5.50. The number of carbonyl (C=O) groups excluding carboxylic acids is 1. The molecule has 2 atom stereocenters. The fourth-order valence-corrected chi connectivity index (χ4v) is 3.51. The Hall–Kier alpha value is -2.67. The Kier molecular flexibility index (Phi) is 6.28. The van der Waals surface area contributed by atoms with Gasteiger partial charge in [-0.1, -0.05) is 6.92 Å². The highest BCUT2D eigenvalue weighted by molar-refractivity contribution is 7.82. The molecule has 2 aromatic rings. The number of nitrogens with one attached hydrogen (secondary N) is 1. The molecule has 2 aromatic heterocycles. The van der Waals surface area contributed by atoms with Gasteiger partial charge in [0.15, 0.2) is 0 Å². The van der Waals surface area contributed by atoms with Crippen molar-refractivity contribution in [1.29, 1.82) is 0 Å². The Balaban J connectivity index is 1.97. The molecule has 3 heterocycles. The molecule has 31 heavy (non-hydrogen) atoms. The van der Waals surface area contributed by atoms with Crippen LogP contribution in [-0.2, 0) is 17.2 Å². The van der Waals surface area contributed by atoms with Crippen molar-refractivity contribution in [3.63, 3.8) is 0 Å². The van der Waals surface area contributed by atoms with Gasteiger partial charge in [0.2, 0.25) is 0 Å². The number of aromatic nitrogens is 2. The van der Waals surface area contributed by atoms with E-state index in [4.69, 9.17) is 5.14 Å². The second kappa shape index (κ2) is 8.46. The number of amides is 1. The molecule has 0 aliphatic carbocycles. The lowest BCUT2D eigenvalue weighted by Gasteiger charge is -2.38. The quantitative estimate of drug-likeness (QED) is 0.679. The molecule has 0 aromatic carbocycles. The van der Waals surface area contributed by atoms with Gasteiger partial charge in [-0.05, 0) is 18.2 Å². The molecule has 0 radical (unpaired) electrons. The molecule has 13 heteroatoms. The molecule has 1 aliphatic heterocycles. The van der Waals surface area contributed by atoms with Gasteiger partial charge in [-0.15, -0.1) is 0 Å². The smallest absolute Gasteiger partial charge is 0.355 e. The van der Waals surface area contributed by atoms with E-state index in [9.17, 15) is 31.0 Å². The van der Waals surface area contributed by atoms with E-state index >= 15 is 0 Å². The van der Waals surface area contributed by atoms with Crippen molar-refractivity contribution in [2.75, 3.05) is 23.3 Å². The maximum atomic E-state index is 13.8. The van der Waals surface area contributed by atoms with Crippen LogP contribution in [0, 0.1) is 5.92 Å². The maximum absolute atomic E-state index is 13.8. The summed E-state index contributed by atoms with van der Waals surface area (Å²) in [6.07, 6.45) is -3.50. The second-order valence-corrected chi connectivity index (χ2v) is 8.10. The number of halogens is 5. The molecule has 1 fully saturated rings. The van der Waals surface area contributed by atoms with E-state index in [0.717, 1.165) is 0 Å². The first-order valence-electron chi connectivity index (χ1n) is 9.02. The highest BCUT2D eigenvalue weighted by Gasteiger charge is 2.42. The zero-order valence-electron chi connectivity index (χ0n) is 16.1. The average molecular weight is 463 g/mol. The molecular weight excluding hydrogens is 445 g/mol. The molecule has 168 valence electrons. The summed E-state index contributed by atoms with van der Waals surface area (Å²) in [5.41, 5.74) is -1.49. The zero-order chi connectivity index (χ0) is 23.0. The van der Waals surface area contributed by atoms with Crippen molar-refractivity contribution < 1.29 is 31.0 Å². The number of anilines is 2. The summed E-state index contributed by atoms with van der Waals surface area (Å²) in [5.74, 6) is -5.08. The first-order valence-corrected chi connectivity index (χ1v) is 10.2. The van der Waals surface area contributed by atoms with Crippen LogP contribution >= 0.6 is 0 Å². The Morgan fingerprint density at radius 1 is 1.32 bits per heavy atom. The minimum absolute atomic E-state index is 0.0488. The monoisotopic (exact) mass is 463 g/mol. The van der Waals surface area contributed by atoms with Gasteiger partial charge in [-0.3, -0.25) is 4.79 Å². The van der Waals surface area contributed by atoms with Crippen LogP contribution in [0.15, 0.2) is 35.6 Å². The second-order valence-electron chi connectivity index (χ2n) is 7.09. The van der Waals surface area contributed by atoms with Gasteiger partial charge in [0, 0.05) is 43.5 Å². The number of rotatable bonds is 4. The summed E-state index contributed by atoms with van der Waals surface area (Å²) >= 11 is 0. The summed E-state index contributed by atoms with van der Waals surface area (Å²) in [7, 11) is -1.94. The summed E-state index contributed by atoms with van der Waals surface area (Å²) in [5, 5.41) is 7.58. The first kappa shape index (κ1) is 23.0. The van der Waals surface area contributed by atoms with Crippen LogP contribution in [0.4, 0.5) is 33.5 Å². The lowest BCUT2D eigenvalue weighted by Crippen LogP contribution is -2.46. The minimum Gasteiger partial charge on any atom is -0.355 e. The number of alkyl halides is 5. The minimum atomic E-state index is -4.76. The van der Waals surface area contributed by atoms with E-state index in [1.54, 1.807) is 0 Å². The Bertz CT molecular complexity index is 1020. The molecule has 7 nitrogen and oxygen atoms in total. The number of hydrogen-bond donors (Lipinski definition) is 2. The van der Waals surface area contributed by atoms with Crippen LogP contribution in [0.2, 0.25) is 0 Å². The summed E-state index contributed by atoms with van der Waals surface area (Å²) in [4.78, 5) is 21.7. The number of piperidine rings is 1. The van der Waals surface area contributed by atoms with Gasteiger partial charge in [0.1, 0.15) is 21.8 Å². The van der Waals surface area contributed by atoms with Gasteiger partial charge in [0.25, 0.3) is 11.8 Å². The summed E-state index contributed by atoms with van der Waals surface area (Å²) < 4.78 is 78.6. The topological polar surface area (TPSA) is 101 Å². The number of pyridine rings is 2. The van der Waals surface area contributed by atoms with Crippen LogP contribution < -0.4 is 15.4 Å². The van der Waals surface area contributed by atoms with Crippen molar-refractivity contribution in [1.82, 2.24) is 9.97 Å². The molecule has 3 rings (SSSR count). The number of carbonyl (C=O) groups is 1. The number of nitrogens with two attached hydrogens (primary N) is 1. The summed E-state index contributed by atoms with van der Waals surface area (Å²) in [6, 6.07) is 3.16. The lowest BCUT2D eigenvalue weighted by atomic mass is 9.95. The van der Waals surface area contributed by atoms with E-state index in [-0.39, 0.29) is 29.6 Å². The first-order chi connectivity index (χ1) is 14.4. The predicted molar refractivity (Wildman–Crippen MR) is 103 cm³/mol. The zero-order valence-corrected chi connectivity index (χ0v) is 16.9. The maximum Gasteiger partial charge on any atom is 0.417 e. The average Bonchev–Trinajstić information content (AvgIpc) is 2.69. The molecule has 0 spiro atoms. The van der Waals surface area contributed by atoms with Crippen molar-refractivity contribution >= 4 is 28.4 Å². The van der Waals surface area contributed by atoms with Gasteiger partial charge < -0.3 is 10.2 Å². The fraction of sp³-hybridized carbons (Fsp3) is 0.389. The molecular formula is C18H18F5N5O2S. The van der Waals surface area contributed by atoms with Crippen molar-refractivity contribution in [2.45, 2.75) is 30.5 Å². The third-order valence-electron chi connectivity index (χ3n) is 4.87. The normalized spacial score (nSPS) is 19.7. The van der Waals surface area contributed by atoms with Crippen molar-refractivity contribution in [3.05, 3.63) is 41.7 Å². The molecule has 3 N–H and O–H groups in total. The molecule has 1 aliphatic rings. The number of hydrogen-bond acceptors (Lipinski definition) is 5. The van der Waals surface area contributed by atoms with Gasteiger partial charge >= 0.3 is 6.18 Å². The SMILES string of the molecule is CC1CN(c2ncc(C(F)(F)F)cc2C(=O)Nc2ccnc(S(N)=O)c2)CCC1(F)F. The predicted octanol–water partition coefficient (Wildman–Crippen LogP) is 3.21. The van der Waals surface area contributed by atoms with E-state index in [0.29, 0.717) is 12.3 Å². The highest BCUT2D eigenvalue weighted by Crippen LogP contribution is 2.37. The van der Waals surface area contributed by atoms with Crippen LogP contribution in [0.3, 0.4) is 0 Å². The van der Waals surface area contributed by atoms with Crippen LogP contribution in [0.25, 0.3) is 0 Å². The van der Waals surface area contributed by atoms with E-state index in [2.05, 4.69) is 15.3 Å². The number of nitrogens with zero attached hydrogens (tertiary/aromatic N) is 3. The molecule has 0 bridgehead atoms. The van der Waals surface area contributed by atoms with E-state index in [1.807, 2.05) is 0 Å².